The van der Waals surface area contributed by atoms with Gasteiger partial charge in [0.1, 0.15) is 11.9 Å². The van der Waals surface area contributed by atoms with Crippen molar-refractivity contribution in [2.24, 2.45) is 17.8 Å². The fourth-order valence-corrected chi connectivity index (χ4v) is 7.17. The first-order valence-corrected chi connectivity index (χ1v) is 15.0. The minimum Gasteiger partial charge on any atom is -0.480 e. The molecular formula is C33H43F3N2O2. The van der Waals surface area contributed by atoms with Crippen LogP contribution in [0, 0.1) is 30.5 Å². The summed E-state index contributed by atoms with van der Waals surface area (Å²) in [6.07, 6.45) is 5.21. The second-order valence-electron chi connectivity index (χ2n) is 12.7. The van der Waals surface area contributed by atoms with Crippen molar-refractivity contribution in [3.63, 3.8) is 0 Å². The fraction of sp³-hybridized carbons (Fsp3) is 0.606. The number of benzene rings is 2. The smallest absolute Gasteiger partial charge is 0.320 e. The molecule has 3 fully saturated rings. The van der Waals surface area contributed by atoms with Crippen LogP contribution in [0.3, 0.4) is 0 Å². The Morgan fingerprint density at radius 2 is 1.75 bits per heavy atom. The Morgan fingerprint density at radius 1 is 1.02 bits per heavy atom. The Kier molecular flexibility index (Phi) is 9.21. The average molecular weight is 557 g/mol. The van der Waals surface area contributed by atoms with E-state index in [0.717, 1.165) is 64.8 Å². The lowest BCUT2D eigenvalue weighted by Gasteiger charge is -2.36. The number of halogens is 3. The molecule has 40 heavy (non-hydrogen) atoms. The third-order valence-corrected chi connectivity index (χ3v) is 9.61. The molecule has 2 aromatic carbocycles. The number of hydrogen-bond acceptors (Lipinski definition) is 3. The quantitative estimate of drug-likeness (QED) is 0.332. The van der Waals surface area contributed by atoms with Crippen LogP contribution in [0.25, 0.3) is 0 Å². The first kappa shape index (κ1) is 29.1. The normalized spacial score (nSPS) is 24.2. The highest BCUT2D eigenvalue weighted by molar-refractivity contribution is 5.73. The van der Waals surface area contributed by atoms with Gasteiger partial charge in [-0.25, -0.2) is 13.2 Å². The van der Waals surface area contributed by atoms with E-state index in [1.165, 1.54) is 41.8 Å². The third-order valence-electron chi connectivity index (χ3n) is 9.61. The molecule has 0 amide bonds. The molecule has 0 unspecified atom stereocenters. The summed E-state index contributed by atoms with van der Waals surface area (Å²) in [5.74, 6) is -2.86. The lowest BCUT2D eigenvalue weighted by Crippen LogP contribution is -2.43. The van der Waals surface area contributed by atoms with Gasteiger partial charge < -0.3 is 10.0 Å². The van der Waals surface area contributed by atoms with Crippen LogP contribution in [0.2, 0.25) is 0 Å². The molecule has 1 aliphatic carbocycles. The molecular weight excluding hydrogens is 513 g/mol. The predicted molar refractivity (Wildman–Crippen MR) is 151 cm³/mol. The minimum absolute atomic E-state index is 0.0294. The van der Waals surface area contributed by atoms with Crippen molar-refractivity contribution >= 4 is 5.97 Å². The zero-order valence-electron chi connectivity index (χ0n) is 23.6. The van der Waals surface area contributed by atoms with Crippen molar-refractivity contribution in [1.82, 2.24) is 9.80 Å². The summed E-state index contributed by atoms with van der Waals surface area (Å²) in [5, 5.41) is 10.1. The van der Waals surface area contributed by atoms with Crippen molar-refractivity contribution in [2.45, 2.75) is 76.2 Å². The molecule has 0 bridgehead atoms. The van der Waals surface area contributed by atoms with Crippen LogP contribution in [0.4, 0.5) is 13.2 Å². The lowest BCUT2D eigenvalue weighted by atomic mass is 9.80. The molecule has 1 N–H and O–H groups in total. The zero-order valence-corrected chi connectivity index (χ0v) is 23.6. The van der Waals surface area contributed by atoms with Gasteiger partial charge in [-0.15, -0.1) is 0 Å². The van der Waals surface area contributed by atoms with E-state index >= 15 is 0 Å². The number of hydrogen-bond donors (Lipinski definition) is 1. The molecule has 5 rings (SSSR count). The zero-order chi connectivity index (χ0) is 28.3. The second-order valence-corrected chi connectivity index (χ2v) is 12.7. The predicted octanol–water partition coefficient (Wildman–Crippen LogP) is 6.77. The summed E-state index contributed by atoms with van der Waals surface area (Å²) < 4.78 is 42.8. The number of rotatable bonds is 11. The fourth-order valence-electron chi connectivity index (χ4n) is 7.17. The highest BCUT2D eigenvalue weighted by Crippen LogP contribution is 2.39. The number of nitrogens with zero attached hydrogens (tertiary/aromatic N) is 2. The Balaban J connectivity index is 1.19. The maximum absolute atomic E-state index is 14.8. The summed E-state index contributed by atoms with van der Waals surface area (Å²) in [6.45, 7) is 6.06. The van der Waals surface area contributed by atoms with Crippen LogP contribution in [0.5, 0.6) is 0 Å². The monoisotopic (exact) mass is 556 g/mol. The summed E-state index contributed by atoms with van der Waals surface area (Å²) in [7, 11) is 0. The largest absolute Gasteiger partial charge is 0.480 e. The van der Waals surface area contributed by atoms with Crippen LogP contribution in [0.1, 0.15) is 67.6 Å². The molecule has 0 radical (unpaired) electrons. The van der Waals surface area contributed by atoms with E-state index in [1.54, 1.807) is 0 Å². The summed E-state index contributed by atoms with van der Waals surface area (Å²) in [4.78, 5) is 16.9. The maximum atomic E-state index is 14.8. The Bertz CT molecular complexity index is 1130. The molecule has 1 saturated carbocycles. The number of likely N-dealkylation sites (tertiary alicyclic amines) is 2. The first-order valence-electron chi connectivity index (χ1n) is 15.0. The van der Waals surface area contributed by atoms with Gasteiger partial charge in [-0.3, -0.25) is 9.69 Å². The summed E-state index contributed by atoms with van der Waals surface area (Å²) in [5.41, 5.74) is 2.95. The van der Waals surface area contributed by atoms with Gasteiger partial charge >= 0.3 is 5.97 Å². The number of carbonyl (C=O) groups is 1. The van der Waals surface area contributed by atoms with E-state index in [9.17, 15) is 23.1 Å². The summed E-state index contributed by atoms with van der Waals surface area (Å²) in [6, 6.07) is 13.5. The van der Waals surface area contributed by atoms with Gasteiger partial charge in [-0.1, -0.05) is 61.2 Å². The molecule has 4 nitrogen and oxygen atoms in total. The molecule has 218 valence electrons. The van der Waals surface area contributed by atoms with Crippen LogP contribution >= 0.6 is 0 Å². The SMILES string of the molecule is Cc1cccc([C@H]2CN([C@H](CC3CCC3)C(=O)O)C[C@@H]2CN2CCC(CC(F)(F)Cc3ccc(F)cc3)CC2)c1. The van der Waals surface area contributed by atoms with E-state index in [4.69, 9.17) is 0 Å². The molecule has 7 heteroatoms. The number of aryl methyl sites for hydroxylation is 1. The molecule has 2 heterocycles. The number of piperidine rings is 1. The van der Waals surface area contributed by atoms with Crippen molar-refractivity contribution < 1.29 is 23.1 Å². The number of alkyl halides is 2. The number of aliphatic carboxylic acids is 1. The number of carboxylic acid groups (broad SMARTS) is 1. The van der Waals surface area contributed by atoms with Gasteiger partial charge in [0.2, 0.25) is 0 Å². The number of carboxylic acids is 1. The second kappa shape index (κ2) is 12.6. The van der Waals surface area contributed by atoms with Gasteiger partial charge in [-0.2, -0.15) is 0 Å². The Hall–Kier alpha value is -2.38. The van der Waals surface area contributed by atoms with Crippen LogP contribution in [0.15, 0.2) is 48.5 Å². The van der Waals surface area contributed by atoms with E-state index < -0.39 is 23.8 Å². The molecule has 2 saturated heterocycles. The molecule has 3 aliphatic rings. The van der Waals surface area contributed by atoms with Gasteiger partial charge in [0.05, 0.1) is 0 Å². The average Bonchev–Trinajstić information content (AvgIpc) is 3.28. The van der Waals surface area contributed by atoms with Crippen molar-refractivity contribution in [2.75, 3.05) is 32.7 Å². The molecule has 2 aliphatic heterocycles. The van der Waals surface area contributed by atoms with Crippen LogP contribution < -0.4 is 0 Å². The maximum Gasteiger partial charge on any atom is 0.320 e. The molecule has 0 aromatic heterocycles. The minimum atomic E-state index is -2.81. The van der Waals surface area contributed by atoms with Crippen molar-refractivity contribution in [3.8, 4) is 0 Å². The van der Waals surface area contributed by atoms with Crippen LogP contribution in [-0.2, 0) is 11.2 Å². The van der Waals surface area contributed by atoms with E-state index in [-0.39, 0.29) is 24.7 Å². The van der Waals surface area contributed by atoms with Gasteiger partial charge in [0.25, 0.3) is 5.92 Å². The van der Waals surface area contributed by atoms with Gasteiger partial charge in [0.15, 0.2) is 0 Å². The van der Waals surface area contributed by atoms with Crippen molar-refractivity contribution in [1.29, 1.82) is 0 Å². The molecule has 0 spiro atoms. The van der Waals surface area contributed by atoms with Gasteiger partial charge in [-0.05, 0) is 80.3 Å². The molecule has 2 aromatic rings. The Morgan fingerprint density at radius 3 is 2.38 bits per heavy atom. The van der Waals surface area contributed by atoms with Gasteiger partial charge in [0, 0.05) is 38.4 Å². The van der Waals surface area contributed by atoms with Crippen molar-refractivity contribution in [3.05, 3.63) is 71.0 Å². The topological polar surface area (TPSA) is 43.8 Å². The molecule has 3 atom stereocenters. The third kappa shape index (κ3) is 7.47. The Labute approximate surface area is 236 Å². The summed E-state index contributed by atoms with van der Waals surface area (Å²) >= 11 is 0. The van der Waals surface area contributed by atoms with Crippen LogP contribution in [-0.4, -0.2) is 65.6 Å². The highest BCUT2D eigenvalue weighted by Gasteiger charge is 2.42. The van der Waals surface area contributed by atoms with E-state index in [0.29, 0.717) is 17.4 Å². The van der Waals surface area contributed by atoms with E-state index in [1.807, 2.05) is 0 Å². The van der Waals surface area contributed by atoms with E-state index in [2.05, 4.69) is 41.0 Å². The first-order chi connectivity index (χ1) is 19.1. The highest BCUT2D eigenvalue weighted by atomic mass is 19.3. The standard InChI is InChI=1S/C33H43F3N2O2/c1-23-4-2-7-27(16-23)30-22-38(31(32(39)40)17-24-5-3-6-24)21-28(30)20-37-14-12-26(13-15-37)19-33(35,36)18-25-8-10-29(34)11-9-25/h2,4,7-11,16,24,26,28,30-31H,3,5-6,12-15,17-22H2,1H3,(H,39,40)/t28-,30+,31+/m0/s1. The lowest BCUT2D eigenvalue weighted by molar-refractivity contribution is -0.144.